The van der Waals surface area contributed by atoms with Gasteiger partial charge in [0.1, 0.15) is 5.75 Å². The van der Waals surface area contributed by atoms with Gasteiger partial charge in [-0.15, -0.1) is 0 Å². The number of pyridine rings is 1. The van der Waals surface area contributed by atoms with Gasteiger partial charge in [0.15, 0.2) is 0 Å². The molecule has 1 atom stereocenters. The van der Waals surface area contributed by atoms with Crippen molar-refractivity contribution in [3.63, 3.8) is 0 Å². The molecule has 0 bridgehead atoms. The van der Waals surface area contributed by atoms with Crippen molar-refractivity contribution in [3.05, 3.63) is 24.0 Å². The first-order valence-corrected chi connectivity index (χ1v) is 7.02. The highest BCUT2D eigenvalue weighted by molar-refractivity contribution is 5.30. The van der Waals surface area contributed by atoms with Gasteiger partial charge in [0, 0.05) is 24.5 Å². The molecule has 0 amide bonds. The van der Waals surface area contributed by atoms with Gasteiger partial charge in [0.2, 0.25) is 0 Å². The van der Waals surface area contributed by atoms with E-state index >= 15 is 0 Å². The van der Waals surface area contributed by atoms with Crippen LogP contribution in [0.15, 0.2) is 18.5 Å². The molecule has 0 spiro atoms. The second kappa shape index (κ2) is 8.92. The number of hydrogen-bond donors (Lipinski definition) is 1. The standard InChI is InChI=1S/C15H26N2O/c1-4-5-6-7-8-13(2)18-15-9-10-17-12-14(15)11-16-3/h9-10,12-13,16H,4-8,11H2,1-3H3. The summed E-state index contributed by atoms with van der Waals surface area (Å²) in [7, 11) is 1.94. The maximum atomic E-state index is 6.00. The average molecular weight is 250 g/mol. The van der Waals surface area contributed by atoms with Crippen molar-refractivity contribution in [2.24, 2.45) is 0 Å². The lowest BCUT2D eigenvalue weighted by Gasteiger charge is -2.17. The van der Waals surface area contributed by atoms with Crippen LogP contribution in [0.1, 0.15) is 51.5 Å². The van der Waals surface area contributed by atoms with Crippen LogP contribution >= 0.6 is 0 Å². The van der Waals surface area contributed by atoms with Gasteiger partial charge in [-0.1, -0.05) is 26.2 Å². The summed E-state index contributed by atoms with van der Waals surface area (Å²) in [6.45, 7) is 5.18. The summed E-state index contributed by atoms with van der Waals surface area (Å²) >= 11 is 0. The van der Waals surface area contributed by atoms with Crippen LogP contribution in [0, 0.1) is 0 Å². The van der Waals surface area contributed by atoms with E-state index in [1.165, 1.54) is 25.7 Å². The predicted molar refractivity (Wildman–Crippen MR) is 75.8 cm³/mol. The zero-order valence-electron chi connectivity index (χ0n) is 11.9. The van der Waals surface area contributed by atoms with Crippen LogP contribution in [-0.4, -0.2) is 18.1 Å². The summed E-state index contributed by atoms with van der Waals surface area (Å²) in [5.41, 5.74) is 1.13. The number of nitrogens with one attached hydrogen (secondary N) is 1. The van der Waals surface area contributed by atoms with Crippen molar-refractivity contribution >= 4 is 0 Å². The maximum absolute atomic E-state index is 6.00. The highest BCUT2D eigenvalue weighted by atomic mass is 16.5. The van der Waals surface area contributed by atoms with Crippen LogP contribution in [-0.2, 0) is 6.54 Å². The summed E-state index contributed by atoms with van der Waals surface area (Å²) in [5.74, 6) is 0.961. The molecule has 0 radical (unpaired) electrons. The predicted octanol–water partition coefficient (Wildman–Crippen LogP) is 3.54. The van der Waals surface area contributed by atoms with Gasteiger partial charge in [0.05, 0.1) is 6.10 Å². The lowest BCUT2D eigenvalue weighted by atomic mass is 10.1. The van der Waals surface area contributed by atoms with Crippen molar-refractivity contribution in [1.29, 1.82) is 0 Å². The minimum atomic E-state index is 0.278. The van der Waals surface area contributed by atoms with Crippen LogP contribution in [0.25, 0.3) is 0 Å². The smallest absolute Gasteiger partial charge is 0.127 e. The van der Waals surface area contributed by atoms with Crippen molar-refractivity contribution in [3.8, 4) is 5.75 Å². The minimum absolute atomic E-state index is 0.278. The second-order valence-electron chi connectivity index (χ2n) is 4.79. The average Bonchev–Trinajstić information content (AvgIpc) is 2.37. The minimum Gasteiger partial charge on any atom is -0.490 e. The van der Waals surface area contributed by atoms with E-state index in [1.54, 1.807) is 6.20 Å². The van der Waals surface area contributed by atoms with E-state index in [-0.39, 0.29) is 6.10 Å². The number of ether oxygens (including phenoxy) is 1. The van der Waals surface area contributed by atoms with Crippen LogP contribution < -0.4 is 10.1 Å². The summed E-state index contributed by atoms with van der Waals surface area (Å²) in [5, 5.41) is 3.14. The Morgan fingerprint density at radius 2 is 2.17 bits per heavy atom. The Hall–Kier alpha value is -1.09. The summed E-state index contributed by atoms with van der Waals surface area (Å²) < 4.78 is 6.00. The Labute approximate surface area is 111 Å². The molecule has 0 saturated heterocycles. The molecule has 3 nitrogen and oxygen atoms in total. The van der Waals surface area contributed by atoms with Crippen molar-refractivity contribution in [1.82, 2.24) is 10.3 Å². The third-order valence-corrected chi connectivity index (χ3v) is 3.02. The summed E-state index contributed by atoms with van der Waals surface area (Å²) in [6.07, 6.45) is 10.2. The molecular formula is C15H26N2O. The number of rotatable bonds is 9. The van der Waals surface area contributed by atoms with Crippen LogP contribution in [0.5, 0.6) is 5.75 Å². The fraction of sp³-hybridized carbons (Fsp3) is 0.667. The SMILES string of the molecule is CCCCCCC(C)Oc1ccncc1CNC. The molecule has 1 aromatic heterocycles. The van der Waals surface area contributed by atoms with Gasteiger partial charge >= 0.3 is 0 Å². The third-order valence-electron chi connectivity index (χ3n) is 3.02. The Kier molecular flexibility index (Phi) is 7.42. The number of aromatic nitrogens is 1. The monoisotopic (exact) mass is 250 g/mol. The molecule has 18 heavy (non-hydrogen) atoms. The number of nitrogens with zero attached hydrogens (tertiary/aromatic N) is 1. The van der Waals surface area contributed by atoms with Gasteiger partial charge in [-0.25, -0.2) is 0 Å². The molecule has 0 fully saturated rings. The largest absolute Gasteiger partial charge is 0.490 e. The molecule has 1 aromatic rings. The van der Waals surface area contributed by atoms with Crippen molar-refractivity contribution in [2.45, 2.75) is 58.6 Å². The van der Waals surface area contributed by atoms with E-state index in [2.05, 4.69) is 24.1 Å². The molecule has 3 heteroatoms. The van der Waals surface area contributed by atoms with Gasteiger partial charge in [-0.3, -0.25) is 4.98 Å². The van der Waals surface area contributed by atoms with Gasteiger partial charge in [-0.05, 0) is 32.9 Å². The first kappa shape index (κ1) is 15.0. The van der Waals surface area contributed by atoms with E-state index in [1.807, 2.05) is 19.3 Å². The number of hydrogen-bond acceptors (Lipinski definition) is 3. The highest BCUT2D eigenvalue weighted by Crippen LogP contribution is 2.19. The molecule has 102 valence electrons. The third kappa shape index (κ3) is 5.50. The molecule has 0 aromatic carbocycles. The zero-order chi connectivity index (χ0) is 13.2. The van der Waals surface area contributed by atoms with Gasteiger partial charge in [0.25, 0.3) is 0 Å². The highest BCUT2D eigenvalue weighted by Gasteiger charge is 2.07. The Morgan fingerprint density at radius 1 is 1.33 bits per heavy atom. The van der Waals surface area contributed by atoms with E-state index in [0.717, 1.165) is 24.3 Å². The van der Waals surface area contributed by atoms with E-state index in [4.69, 9.17) is 4.74 Å². The Bertz CT molecular complexity index is 328. The molecule has 1 heterocycles. The molecule has 0 aliphatic carbocycles. The van der Waals surface area contributed by atoms with Crippen LogP contribution in [0.4, 0.5) is 0 Å². The summed E-state index contributed by atoms with van der Waals surface area (Å²) in [4.78, 5) is 4.14. The number of unbranched alkanes of at least 4 members (excludes halogenated alkanes) is 3. The first-order chi connectivity index (χ1) is 8.77. The molecule has 0 aliphatic heterocycles. The summed E-state index contributed by atoms with van der Waals surface area (Å²) in [6, 6.07) is 1.95. The second-order valence-corrected chi connectivity index (χ2v) is 4.79. The Balaban J connectivity index is 2.40. The fourth-order valence-electron chi connectivity index (χ4n) is 1.99. The van der Waals surface area contributed by atoms with E-state index in [9.17, 15) is 0 Å². The molecule has 0 aliphatic rings. The zero-order valence-corrected chi connectivity index (χ0v) is 11.9. The van der Waals surface area contributed by atoms with E-state index < -0.39 is 0 Å². The quantitative estimate of drug-likeness (QED) is 0.681. The lowest BCUT2D eigenvalue weighted by Crippen LogP contribution is -2.14. The maximum Gasteiger partial charge on any atom is 0.127 e. The first-order valence-electron chi connectivity index (χ1n) is 7.02. The van der Waals surface area contributed by atoms with Crippen molar-refractivity contribution in [2.75, 3.05) is 7.05 Å². The van der Waals surface area contributed by atoms with E-state index in [0.29, 0.717) is 0 Å². The lowest BCUT2D eigenvalue weighted by molar-refractivity contribution is 0.204. The molecule has 1 N–H and O–H groups in total. The Morgan fingerprint density at radius 3 is 2.89 bits per heavy atom. The molecule has 1 rings (SSSR count). The van der Waals surface area contributed by atoms with Crippen molar-refractivity contribution < 1.29 is 4.74 Å². The van der Waals surface area contributed by atoms with Gasteiger partial charge < -0.3 is 10.1 Å². The molecule has 1 unspecified atom stereocenters. The molecular weight excluding hydrogens is 224 g/mol. The van der Waals surface area contributed by atoms with Crippen LogP contribution in [0.3, 0.4) is 0 Å². The van der Waals surface area contributed by atoms with Gasteiger partial charge in [-0.2, -0.15) is 0 Å². The van der Waals surface area contributed by atoms with Crippen LogP contribution in [0.2, 0.25) is 0 Å². The topological polar surface area (TPSA) is 34.1 Å². The fourth-order valence-corrected chi connectivity index (χ4v) is 1.99. The molecule has 0 saturated carbocycles. The normalized spacial score (nSPS) is 12.4.